The Bertz CT molecular complexity index is 989. The Kier molecular flexibility index (Phi) is 6.18. The first-order valence-electron chi connectivity index (χ1n) is 9.25. The van der Waals surface area contributed by atoms with E-state index in [2.05, 4.69) is 5.32 Å². The molecule has 2 amide bonds. The van der Waals surface area contributed by atoms with Crippen molar-refractivity contribution in [3.05, 3.63) is 65.2 Å². The zero-order chi connectivity index (χ0) is 21.2. The smallest absolute Gasteiger partial charge is 0.317 e. The van der Waals surface area contributed by atoms with E-state index in [1.807, 2.05) is 6.92 Å². The second-order valence-electron chi connectivity index (χ2n) is 7.05. The Labute approximate surface area is 169 Å². The number of halogens is 2. The van der Waals surface area contributed by atoms with Crippen molar-refractivity contribution in [1.82, 2.24) is 14.5 Å². The molecule has 1 heterocycles. The Morgan fingerprint density at radius 2 is 1.62 bits per heavy atom. The number of carbonyl (C=O) groups excluding carboxylic acids is 1. The first-order valence-corrected chi connectivity index (χ1v) is 10.7. The lowest BCUT2D eigenvalue weighted by Crippen LogP contribution is -2.53. The van der Waals surface area contributed by atoms with Gasteiger partial charge in [-0.05, 0) is 43.7 Å². The third-order valence-electron chi connectivity index (χ3n) is 4.97. The summed E-state index contributed by atoms with van der Waals surface area (Å²) in [7, 11) is -3.61. The van der Waals surface area contributed by atoms with Crippen LogP contribution in [0, 0.1) is 18.6 Å². The molecule has 1 saturated heterocycles. The Balaban J connectivity index is 1.59. The highest BCUT2D eigenvalue weighted by Gasteiger charge is 2.30. The number of sulfonamides is 1. The van der Waals surface area contributed by atoms with E-state index in [1.54, 1.807) is 31.2 Å². The normalized spacial score (nSPS) is 16.5. The maximum absolute atomic E-state index is 13.4. The van der Waals surface area contributed by atoms with Crippen LogP contribution >= 0.6 is 0 Å². The summed E-state index contributed by atoms with van der Waals surface area (Å²) in [5.74, 6) is -1.92. The lowest BCUT2D eigenvalue weighted by Gasteiger charge is -2.34. The molecule has 9 heteroatoms. The average Bonchev–Trinajstić information content (AvgIpc) is 2.70. The van der Waals surface area contributed by atoms with Gasteiger partial charge in [-0.15, -0.1) is 0 Å². The molecule has 1 N–H and O–H groups in total. The van der Waals surface area contributed by atoms with Gasteiger partial charge in [0.25, 0.3) is 0 Å². The van der Waals surface area contributed by atoms with Crippen LogP contribution in [0.2, 0.25) is 0 Å². The van der Waals surface area contributed by atoms with Crippen LogP contribution in [0.5, 0.6) is 0 Å². The van der Waals surface area contributed by atoms with E-state index in [1.165, 1.54) is 15.3 Å². The molecule has 0 radical (unpaired) electrons. The van der Waals surface area contributed by atoms with Crippen molar-refractivity contribution in [3.63, 3.8) is 0 Å². The van der Waals surface area contributed by atoms with E-state index in [0.29, 0.717) is 5.56 Å². The summed E-state index contributed by atoms with van der Waals surface area (Å²) in [6.45, 7) is 4.40. The number of nitrogens with zero attached hydrogens (tertiary/aromatic N) is 2. The molecule has 1 fully saturated rings. The van der Waals surface area contributed by atoms with Gasteiger partial charge in [-0.2, -0.15) is 4.31 Å². The van der Waals surface area contributed by atoms with Gasteiger partial charge < -0.3 is 10.2 Å². The van der Waals surface area contributed by atoms with Crippen LogP contribution in [0.1, 0.15) is 24.1 Å². The second kappa shape index (κ2) is 8.46. The first-order chi connectivity index (χ1) is 13.7. The number of hydrogen-bond acceptors (Lipinski definition) is 3. The summed E-state index contributed by atoms with van der Waals surface area (Å²) in [5, 5.41) is 2.73. The van der Waals surface area contributed by atoms with Crippen molar-refractivity contribution < 1.29 is 22.0 Å². The molecule has 0 bridgehead atoms. The van der Waals surface area contributed by atoms with Crippen LogP contribution in [0.3, 0.4) is 0 Å². The van der Waals surface area contributed by atoms with Crippen LogP contribution in [0.25, 0.3) is 0 Å². The van der Waals surface area contributed by atoms with Crippen LogP contribution in [-0.4, -0.2) is 49.8 Å². The maximum atomic E-state index is 13.4. The number of urea groups is 1. The number of hydrogen-bond donors (Lipinski definition) is 1. The van der Waals surface area contributed by atoms with Gasteiger partial charge >= 0.3 is 6.03 Å². The van der Waals surface area contributed by atoms with Crippen molar-refractivity contribution >= 4 is 16.1 Å². The number of nitrogens with one attached hydrogen (secondary N) is 1. The number of rotatable bonds is 4. The van der Waals surface area contributed by atoms with Crippen molar-refractivity contribution in [2.75, 3.05) is 26.2 Å². The van der Waals surface area contributed by atoms with E-state index in [-0.39, 0.29) is 37.1 Å². The fraction of sp³-hybridized carbons (Fsp3) is 0.350. The van der Waals surface area contributed by atoms with Gasteiger partial charge in [0, 0.05) is 26.2 Å². The lowest BCUT2D eigenvalue weighted by molar-refractivity contribution is 0.169. The predicted molar refractivity (Wildman–Crippen MR) is 105 cm³/mol. The molecular formula is C20H23F2N3O3S. The summed E-state index contributed by atoms with van der Waals surface area (Å²) >= 11 is 0. The average molecular weight is 423 g/mol. The number of piperazine rings is 1. The molecule has 0 saturated carbocycles. The predicted octanol–water partition coefficient (Wildman–Crippen LogP) is 3.05. The third-order valence-corrected chi connectivity index (χ3v) is 6.88. The Morgan fingerprint density at radius 3 is 2.21 bits per heavy atom. The standard InChI is InChI=1S/C20H23F2N3O3S/c1-14-3-6-17(7-4-14)29(27,28)25-11-9-24(10-12-25)20(26)23-15(2)16-5-8-18(21)19(22)13-16/h3-8,13,15H,9-12H2,1-2H3,(H,23,26). The number of amides is 2. The highest BCUT2D eigenvalue weighted by atomic mass is 32.2. The molecule has 6 nitrogen and oxygen atoms in total. The summed E-state index contributed by atoms with van der Waals surface area (Å²) in [6.07, 6.45) is 0. The lowest BCUT2D eigenvalue weighted by atomic mass is 10.1. The third kappa shape index (κ3) is 4.73. The topological polar surface area (TPSA) is 69.7 Å². The van der Waals surface area contributed by atoms with Gasteiger partial charge in [0.15, 0.2) is 11.6 Å². The molecule has 0 aliphatic carbocycles. The van der Waals surface area contributed by atoms with Gasteiger partial charge in [0.2, 0.25) is 10.0 Å². The molecule has 0 aromatic heterocycles. The highest BCUT2D eigenvalue weighted by molar-refractivity contribution is 7.89. The van der Waals surface area contributed by atoms with E-state index in [4.69, 9.17) is 0 Å². The summed E-state index contributed by atoms with van der Waals surface area (Å²) in [5.41, 5.74) is 1.42. The number of carbonyl (C=O) groups is 1. The number of aryl methyl sites for hydroxylation is 1. The SMILES string of the molecule is Cc1ccc(S(=O)(=O)N2CCN(C(=O)NC(C)c3ccc(F)c(F)c3)CC2)cc1. The molecule has 1 aliphatic heterocycles. The minimum absolute atomic E-state index is 0.184. The van der Waals surface area contributed by atoms with Gasteiger partial charge in [-0.25, -0.2) is 22.0 Å². The van der Waals surface area contributed by atoms with Crippen LogP contribution < -0.4 is 5.32 Å². The fourth-order valence-corrected chi connectivity index (χ4v) is 4.55. The van der Waals surface area contributed by atoms with E-state index >= 15 is 0 Å². The minimum atomic E-state index is -3.61. The molecular weight excluding hydrogens is 400 g/mol. The van der Waals surface area contributed by atoms with Crippen molar-refractivity contribution in [2.24, 2.45) is 0 Å². The summed E-state index contributed by atoms with van der Waals surface area (Å²) in [4.78, 5) is 14.2. The summed E-state index contributed by atoms with van der Waals surface area (Å²) in [6, 6.07) is 9.22. The molecule has 2 aromatic carbocycles. The van der Waals surface area contributed by atoms with Crippen LogP contribution in [-0.2, 0) is 10.0 Å². The highest BCUT2D eigenvalue weighted by Crippen LogP contribution is 2.19. The molecule has 29 heavy (non-hydrogen) atoms. The van der Waals surface area contributed by atoms with E-state index in [9.17, 15) is 22.0 Å². The quantitative estimate of drug-likeness (QED) is 0.822. The van der Waals surface area contributed by atoms with Gasteiger partial charge in [-0.3, -0.25) is 0 Å². The van der Waals surface area contributed by atoms with E-state index < -0.39 is 27.7 Å². The Morgan fingerprint density at radius 1 is 1.00 bits per heavy atom. The van der Waals surface area contributed by atoms with Gasteiger partial charge in [0.05, 0.1) is 10.9 Å². The van der Waals surface area contributed by atoms with Gasteiger partial charge in [0.1, 0.15) is 0 Å². The van der Waals surface area contributed by atoms with Crippen molar-refractivity contribution in [1.29, 1.82) is 0 Å². The zero-order valence-corrected chi connectivity index (χ0v) is 17.0. The number of benzene rings is 2. The zero-order valence-electron chi connectivity index (χ0n) is 16.2. The first kappa shape index (κ1) is 21.2. The monoisotopic (exact) mass is 423 g/mol. The molecule has 1 aliphatic rings. The van der Waals surface area contributed by atoms with Crippen molar-refractivity contribution in [2.45, 2.75) is 24.8 Å². The molecule has 2 aromatic rings. The van der Waals surface area contributed by atoms with Crippen LogP contribution in [0.15, 0.2) is 47.4 Å². The fourth-order valence-electron chi connectivity index (χ4n) is 3.13. The molecule has 3 rings (SSSR count). The largest absolute Gasteiger partial charge is 0.331 e. The second-order valence-corrected chi connectivity index (χ2v) is 8.99. The Hall–Kier alpha value is -2.52. The maximum Gasteiger partial charge on any atom is 0.317 e. The molecule has 156 valence electrons. The molecule has 1 atom stereocenters. The van der Waals surface area contributed by atoms with Gasteiger partial charge in [-0.1, -0.05) is 23.8 Å². The summed E-state index contributed by atoms with van der Waals surface area (Å²) < 4.78 is 53.3. The minimum Gasteiger partial charge on any atom is -0.331 e. The van der Waals surface area contributed by atoms with Crippen molar-refractivity contribution in [3.8, 4) is 0 Å². The molecule has 1 unspecified atom stereocenters. The van der Waals surface area contributed by atoms with Crippen LogP contribution in [0.4, 0.5) is 13.6 Å². The molecule has 0 spiro atoms. The van der Waals surface area contributed by atoms with E-state index in [0.717, 1.165) is 17.7 Å².